The van der Waals surface area contributed by atoms with E-state index in [1.165, 1.54) is 19.0 Å². The predicted octanol–water partition coefficient (Wildman–Crippen LogP) is 1.88. The van der Waals surface area contributed by atoms with Crippen molar-refractivity contribution in [3.8, 4) is 0 Å². The Morgan fingerprint density at radius 1 is 1.03 bits per heavy atom. The first-order valence-electron chi connectivity index (χ1n) is 12.3. The van der Waals surface area contributed by atoms with Crippen molar-refractivity contribution in [3.63, 3.8) is 0 Å². The van der Waals surface area contributed by atoms with Gasteiger partial charge in [0.1, 0.15) is 12.9 Å². The summed E-state index contributed by atoms with van der Waals surface area (Å²) in [5, 5.41) is 12.1. The maximum absolute atomic E-state index is 12.9. The van der Waals surface area contributed by atoms with Crippen molar-refractivity contribution >= 4 is 6.03 Å². The molecule has 3 saturated heterocycles. The molecule has 0 radical (unpaired) electrons. The third-order valence-electron chi connectivity index (χ3n) is 8.26. The highest BCUT2D eigenvalue weighted by Crippen LogP contribution is 2.54. The molecular weight excluding hydrogens is 463 g/mol. The topological polar surface area (TPSA) is 88.2 Å². The first-order chi connectivity index (χ1) is 16.7. The van der Waals surface area contributed by atoms with E-state index in [1.807, 2.05) is 20.8 Å². The average molecular weight is 492 g/mol. The number of nitrogens with zero attached hydrogens (tertiary/aromatic N) is 9. The van der Waals surface area contributed by atoms with Crippen molar-refractivity contribution in [2.24, 2.45) is 10.8 Å². The van der Waals surface area contributed by atoms with Crippen LogP contribution in [0.15, 0.2) is 12.5 Å². The summed E-state index contributed by atoms with van der Waals surface area (Å²) in [6, 6.07) is 0.547. The van der Waals surface area contributed by atoms with E-state index in [0.29, 0.717) is 24.2 Å². The Bertz CT molecular complexity index is 1130. The zero-order chi connectivity index (χ0) is 24.0. The molecule has 3 aliphatic heterocycles. The van der Waals surface area contributed by atoms with E-state index in [-0.39, 0.29) is 16.9 Å². The van der Waals surface area contributed by atoms with Crippen LogP contribution in [-0.4, -0.2) is 95.9 Å². The molecule has 2 aliphatic carbocycles. The molecule has 2 saturated carbocycles. The van der Waals surface area contributed by atoms with Crippen LogP contribution in [0, 0.1) is 10.8 Å². The van der Waals surface area contributed by atoms with Gasteiger partial charge in [0, 0.05) is 62.6 Å². The van der Waals surface area contributed by atoms with Crippen molar-refractivity contribution in [1.82, 2.24) is 44.5 Å². The number of aromatic nitrogens is 6. The molecule has 2 aromatic rings. The number of urea groups is 1. The largest absolute Gasteiger partial charge is 0.408 e. The van der Waals surface area contributed by atoms with Gasteiger partial charge >= 0.3 is 12.2 Å². The number of carbonyl (C=O) groups excluding carboxylic acids is 1. The third-order valence-corrected chi connectivity index (χ3v) is 8.26. The molecule has 0 N–H and O–H groups in total. The molecule has 188 valence electrons. The molecule has 2 spiro atoms. The molecule has 5 heterocycles. The van der Waals surface area contributed by atoms with Crippen LogP contribution < -0.4 is 0 Å². The normalized spacial score (nSPS) is 25.3. The van der Waals surface area contributed by atoms with Gasteiger partial charge in [-0.25, -0.2) is 19.1 Å². The quantitative estimate of drug-likeness (QED) is 0.635. The number of alkyl halides is 3. The maximum atomic E-state index is 12.9. The van der Waals surface area contributed by atoms with E-state index in [2.05, 4.69) is 25.3 Å². The summed E-state index contributed by atoms with van der Waals surface area (Å²) in [6.07, 6.45) is 3.47. The van der Waals surface area contributed by atoms with Crippen LogP contribution in [0.1, 0.15) is 49.2 Å². The fraction of sp³-hybridized carbons (Fsp3) is 0.773. The van der Waals surface area contributed by atoms with Crippen molar-refractivity contribution in [2.45, 2.75) is 56.9 Å². The van der Waals surface area contributed by atoms with Crippen LogP contribution in [0.5, 0.6) is 0 Å². The molecule has 0 aromatic carbocycles. The molecule has 0 bridgehead atoms. The van der Waals surface area contributed by atoms with Gasteiger partial charge in [-0.15, -0.1) is 5.10 Å². The summed E-state index contributed by atoms with van der Waals surface area (Å²) in [4.78, 5) is 23.4. The summed E-state index contributed by atoms with van der Waals surface area (Å²) in [5.41, 5.74) is 0.912. The molecule has 5 fully saturated rings. The second-order valence-electron chi connectivity index (χ2n) is 11.6. The van der Waals surface area contributed by atoms with Crippen LogP contribution in [0.3, 0.4) is 0 Å². The summed E-state index contributed by atoms with van der Waals surface area (Å²) in [5.74, 6) is 1.56. The van der Waals surface area contributed by atoms with E-state index in [4.69, 9.17) is 0 Å². The van der Waals surface area contributed by atoms with E-state index < -0.39 is 12.7 Å². The Balaban J connectivity index is 0.832. The minimum atomic E-state index is -4.30. The zero-order valence-corrected chi connectivity index (χ0v) is 19.4. The summed E-state index contributed by atoms with van der Waals surface area (Å²) >= 11 is 0. The summed E-state index contributed by atoms with van der Waals surface area (Å²) in [6.45, 7) is 4.17. The van der Waals surface area contributed by atoms with Gasteiger partial charge < -0.3 is 9.80 Å². The average Bonchev–Trinajstić information content (AvgIpc) is 3.24. The van der Waals surface area contributed by atoms with E-state index in [0.717, 1.165) is 62.6 Å². The summed E-state index contributed by atoms with van der Waals surface area (Å²) in [7, 11) is 0. The van der Waals surface area contributed by atoms with Gasteiger partial charge in [0.15, 0.2) is 5.82 Å². The Hall–Kier alpha value is -2.70. The van der Waals surface area contributed by atoms with Gasteiger partial charge in [-0.3, -0.25) is 4.90 Å². The lowest BCUT2D eigenvalue weighted by molar-refractivity contribution is -0.142. The van der Waals surface area contributed by atoms with Crippen LogP contribution in [0.25, 0.3) is 0 Å². The Kier molecular flexibility index (Phi) is 4.42. The standard InChI is InChI=1S/C22H28F3N9O/c23-22(24,25)13-33-6-16(27-29-33)5-30-7-21(8-30)11-32(12-21)19(35)31-9-20(10-31)3-17(4-20)34-14-26-18(28-34)15-1-2-15/h6,14-15,17H,1-5,7-13H2. The van der Waals surface area contributed by atoms with Gasteiger partial charge in [0.05, 0.1) is 17.9 Å². The number of likely N-dealkylation sites (tertiary alicyclic amines) is 3. The van der Waals surface area contributed by atoms with Crippen molar-refractivity contribution in [1.29, 1.82) is 0 Å². The van der Waals surface area contributed by atoms with Gasteiger partial charge in [0.2, 0.25) is 0 Å². The molecule has 13 heteroatoms. The highest BCUT2D eigenvalue weighted by molar-refractivity contribution is 5.77. The van der Waals surface area contributed by atoms with E-state index in [1.54, 1.807) is 0 Å². The monoisotopic (exact) mass is 491 g/mol. The minimum Gasteiger partial charge on any atom is -0.323 e. The van der Waals surface area contributed by atoms with Gasteiger partial charge in [-0.05, 0) is 25.7 Å². The first kappa shape index (κ1) is 21.6. The number of halogens is 3. The number of carbonyl (C=O) groups is 1. The second kappa shape index (κ2) is 7.17. The number of hydrogen-bond donors (Lipinski definition) is 0. The van der Waals surface area contributed by atoms with Crippen LogP contribution in [-0.2, 0) is 13.1 Å². The maximum Gasteiger partial charge on any atom is 0.408 e. The molecule has 2 aromatic heterocycles. The molecule has 0 atom stereocenters. The summed E-state index contributed by atoms with van der Waals surface area (Å²) < 4.78 is 40.3. The predicted molar refractivity (Wildman–Crippen MR) is 115 cm³/mol. The van der Waals surface area contributed by atoms with Gasteiger partial charge in [-0.1, -0.05) is 5.21 Å². The number of rotatable bonds is 5. The smallest absolute Gasteiger partial charge is 0.323 e. The van der Waals surface area contributed by atoms with Crippen molar-refractivity contribution in [2.75, 3.05) is 39.3 Å². The van der Waals surface area contributed by atoms with Gasteiger partial charge in [0.25, 0.3) is 0 Å². The molecule has 10 nitrogen and oxygen atoms in total. The molecule has 2 amide bonds. The molecule has 35 heavy (non-hydrogen) atoms. The molecular formula is C22H28F3N9O. The number of amides is 2. The SMILES string of the molecule is O=C(N1CC2(CC(n3cnc(C4CC4)n3)C2)C1)N1CC2(CN(Cc3cn(CC(F)(F)F)nn3)C2)C1. The lowest BCUT2D eigenvalue weighted by Crippen LogP contribution is -2.75. The Labute approximate surface area is 200 Å². The van der Waals surface area contributed by atoms with E-state index in [9.17, 15) is 18.0 Å². The third kappa shape index (κ3) is 3.87. The van der Waals surface area contributed by atoms with Crippen LogP contribution in [0.4, 0.5) is 18.0 Å². The van der Waals surface area contributed by atoms with Crippen molar-refractivity contribution < 1.29 is 18.0 Å². The Morgan fingerprint density at radius 2 is 1.71 bits per heavy atom. The zero-order valence-electron chi connectivity index (χ0n) is 19.4. The molecule has 5 aliphatic rings. The van der Waals surface area contributed by atoms with E-state index >= 15 is 0 Å². The first-order valence-corrected chi connectivity index (χ1v) is 12.3. The lowest BCUT2D eigenvalue weighted by atomic mass is 9.60. The lowest BCUT2D eigenvalue weighted by Gasteiger charge is -2.63. The van der Waals surface area contributed by atoms with Crippen molar-refractivity contribution in [3.05, 3.63) is 24.0 Å². The fourth-order valence-corrected chi connectivity index (χ4v) is 6.49. The minimum absolute atomic E-state index is 0.119. The highest BCUT2D eigenvalue weighted by Gasteiger charge is 2.58. The molecule has 7 rings (SSSR count). The van der Waals surface area contributed by atoms with Gasteiger partial charge in [-0.2, -0.15) is 18.3 Å². The molecule has 0 unspecified atom stereocenters. The fourth-order valence-electron chi connectivity index (χ4n) is 6.49. The van der Waals surface area contributed by atoms with Crippen LogP contribution >= 0.6 is 0 Å². The van der Waals surface area contributed by atoms with Crippen LogP contribution in [0.2, 0.25) is 0 Å². The Morgan fingerprint density at radius 3 is 2.37 bits per heavy atom. The number of hydrogen-bond acceptors (Lipinski definition) is 6. The second-order valence-corrected chi connectivity index (χ2v) is 11.6. The highest BCUT2D eigenvalue weighted by atomic mass is 19.4.